The quantitative estimate of drug-likeness (QED) is 0.428. The van der Waals surface area contributed by atoms with Crippen LogP contribution < -0.4 is 10.6 Å². The Morgan fingerprint density at radius 3 is 2.11 bits per heavy atom. The Morgan fingerprint density at radius 2 is 1.57 bits per heavy atom. The van der Waals surface area contributed by atoms with Crippen LogP contribution in [0.5, 0.6) is 0 Å². The third-order valence-electron chi connectivity index (χ3n) is 6.22. The number of hydrogen-bond acceptors (Lipinski definition) is 5. The van der Waals surface area contributed by atoms with Crippen molar-refractivity contribution in [2.24, 2.45) is 0 Å². The van der Waals surface area contributed by atoms with Gasteiger partial charge in [-0.15, -0.1) is 0 Å². The summed E-state index contributed by atoms with van der Waals surface area (Å²) in [5, 5.41) is 14.6. The standard InChI is InChI=1S/C27H35N3O5/c1-4-9-18(16-25(31)32)28-26(33)24(14-15-30(2)3)29-27(34)35-17-23-21-12-7-5-10-19(21)20-11-6-8-13-22(20)23/h5-8,10-13,18,23-24H,4,9,14-17H2,1-3H3,(H,28,33)(H,29,34)(H,31,32)/t18-,24?/m1/s1. The SMILES string of the molecule is CCC[C@H](CC(=O)O)NC(=O)C(CCN(C)C)NC(=O)OCC1c2ccccc2-c2ccccc21. The Labute approximate surface area is 206 Å². The molecule has 1 aliphatic rings. The van der Waals surface area contributed by atoms with Crippen molar-refractivity contribution in [1.29, 1.82) is 0 Å². The summed E-state index contributed by atoms with van der Waals surface area (Å²) in [6.45, 7) is 2.65. The number of nitrogens with zero attached hydrogens (tertiary/aromatic N) is 1. The lowest BCUT2D eigenvalue weighted by molar-refractivity contribution is -0.137. The molecular formula is C27H35N3O5. The lowest BCUT2D eigenvalue weighted by Gasteiger charge is -2.24. The fourth-order valence-corrected chi connectivity index (χ4v) is 4.52. The Kier molecular flexibility index (Phi) is 9.25. The third kappa shape index (κ3) is 7.05. The van der Waals surface area contributed by atoms with Gasteiger partial charge in [0.15, 0.2) is 0 Å². The maximum atomic E-state index is 13.0. The molecular weight excluding hydrogens is 446 g/mol. The second kappa shape index (κ2) is 12.4. The molecule has 8 nitrogen and oxygen atoms in total. The number of carbonyl (C=O) groups is 3. The second-order valence-corrected chi connectivity index (χ2v) is 9.21. The van der Waals surface area contributed by atoms with Crippen LogP contribution in [0, 0.1) is 0 Å². The van der Waals surface area contributed by atoms with Crippen LogP contribution in [0.4, 0.5) is 4.79 Å². The van der Waals surface area contributed by atoms with E-state index in [1.165, 1.54) is 0 Å². The maximum Gasteiger partial charge on any atom is 0.407 e. The number of benzene rings is 2. The van der Waals surface area contributed by atoms with Gasteiger partial charge in [-0.3, -0.25) is 9.59 Å². The van der Waals surface area contributed by atoms with Gasteiger partial charge in [0, 0.05) is 12.0 Å². The van der Waals surface area contributed by atoms with Crippen LogP contribution in [0.15, 0.2) is 48.5 Å². The molecule has 0 saturated carbocycles. The summed E-state index contributed by atoms with van der Waals surface area (Å²) in [5.74, 6) is -1.45. The molecule has 0 heterocycles. The molecule has 188 valence electrons. The highest BCUT2D eigenvalue weighted by atomic mass is 16.5. The van der Waals surface area contributed by atoms with Crippen LogP contribution in [0.1, 0.15) is 49.7 Å². The van der Waals surface area contributed by atoms with Gasteiger partial charge in [0.25, 0.3) is 0 Å². The van der Waals surface area contributed by atoms with Gasteiger partial charge in [0.1, 0.15) is 12.6 Å². The summed E-state index contributed by atoms with van der Waals surface area (Å²) in [6, 6.07) is 14.9. The van der Waals surface area contributed by atoms with Crippen LogP contribution in [0.3, 0.4) is 0 Å². The van der Waals surface area contributed by atoms with E-state index in [0.29, 0.717) is 19.4 Å². The smallest absolute Gasteiger partial charge is 0.407 e. The van der Waals surface area contributed by atoms with Gasteiger partial charge in [-0.05, 0) is 55.7 Å². The van der Waals surface area contributed by atoms with E-state index in [1.54, 1.807) is 0 Å². The first kappa shape index (κ1) is 26.2. The summed E-state index contributed by atoms with van der Waals surface area (Å²) < 4.78 is 5.61. The Balaban J connectivity index is 1.65. The number of ether oxygens (including phenoxy) is 1. The van der Waals surface area contributed by atoms with E-state index in [0.717, 1.165) is 28.7 Å². The molecule has 2 aromatic rings. The highest BCUT2D eigenvalue weighted by Gasteiger charge is 2.30. The molecule has 0 aliphatic heterocycles. The van der Waals surface area contributed by atoms with Crippen LogP contribution in [0.25, 0.3) is 11.1 Å². The normalized spacial score (nSPS) is 14.1. The molecule has 3 N–H and O–H groups in total. The van der Waals surface area contributed by atoms with Crippen LogP contribution in [-0.2, 0) is 14.3 Å². The van der Waals surface area contributed by atoms with Crippen molar-refractivity contribution in [3.05, 3.63) is 59.7 Å². The summed E-state index contributed by atoms with van der Waals surface area (Å²) in [5.41, 5.74) is 4.50. The van der Waals surface area contributed by atoms with Gasteiger partial charge in [-0.25, -0.2) is 4.79 Å². The molecule has 2 amide bonds. The fourth-order valence-electron chi connectivity index (χ4n) is 4.52. The van der Waals surface area contributed by atoms with Crippen molar-refractivity contribution in [3.8, 4) is 11.1 Å². The molecule has 8 heteroatoms. The number of amides is 2. The first-order valence-electron chi connectivity index (χ1n) is 12.1. The number of carboxylic acids is 1. The van der Waals surface area contributed by atoms with Crippen molar-refractivity contribution < 1.29 is 24.2 Å². The molecule has 2 atom stereocenters. The highest BCUT2D eigenvalue weighted by Crippen LogP contribution is 2.44. The Morgan fingerprint density at radius 1 is 0.971 bits per heavy atom. The van der Waals surface area contributed by atoms with Crippen LogP contribution >= 0.6 is 0 Å². The lowest BCUT2D eigenvalue weighted by Crippen LogP contribution is -2.51. The Hall–Kier alpha value is -3.39. The summed E-state index contributed by atoms with van der Waals surface area (Å²) >= 11 is 0. The largest absolute Gasteiger partial charge is 0.481 e. The van der Waals surface area contributed by atoms with Gasteiger partial charge >= 0.3 is 12.1 Å². The number of alkyl carbamates (subject to hydrolysis) is 1. The van der Waals surface area contributed by atoms with E-state index in [9.17, 15) is 14.4 Å². The molecule has 0 saturated heterocycles. The van der Waals surface area contributed by atoms with E-state index in [4.69, 9.17) is 9.84 Å². The van der Waals surface area contributed by atoms with Gasteiger partial charge < -0.3 is 25.4 Å². The first-order valence-corrected chi connectivity index (χ1v) is 12.1. The molecule has 0 radical (unpaired) electrons. The van der Waals surface area contributed by atoms with E-state index in [2.05, 4.69) is 22.8 Å². The van der Waals surface area contributed by atoms with Crippen molar-refractivity contribution >= 4 is 18.0 Å². The average Bonchev–Trinajstić information content (AvgIpc) is 3.13. The number of fused-ring (bicyclic) bond motifs is 3. The summed E-state index contributed by atoms with van der Waals surface area (Å²) in [4.78, 5) is 38.8. The maximum absolute atomic E-state index is 13.0. The van der Waals surface area contributed by atoms with Crippen molar-refractivity contribution in [2.75, 3.05) is 27.2 Å². The number of carbonyl (C=O) groups excluding carboxylic acids is 2. The van der Waals surface area contributed by atoms with E-state index in [1.807, 2.05) is 62.3 Å². The molecule has 0 bridgehead atoms. The minimum atomic E-state index is -0.974. The number of aliphatic carboxylic acids is 1. The molecule has 35 heavy (non-hydrogen) atoms. The second-order valence-electron chi connectivity index (χ2n) is 9.21. The van der Waals surface area contributed by atoms with Crippen molar-refractivity contribution in [2.45, 2.75) is 50.6 Å². The topological polar surface area (TPSA) is 108 Å². The molecule has 2 aromatic carbocycles. The number of hydrogen-bond donors (Lipinski definition) is 3. The first-order chi connectivity index (χ1) is 16.8. The number of rotatable bonds is 12. The van der Waals surface area contributed by atoms with Crippen LogP contribution in [-0.4, -0.2) is 67.3 Å². The fraction of sp³-hybridized carbons (Fsp3) is 0.444. The Bertz CT molecular complexity index is 993. The number of carboxylic acid groups (broad SMARTS) is 1. The van der Waals surface area contributed by atoms with Gasteiger partial charge in [0.05, 0.1) is 6.42 Å². The zero-order valence-electron chi connectivity index (χ0n) is 20.6. The lowest BCUT2D eigenvalue weighted by atomic mass is 9.98. The third-order valence-corrected chi connectivity index (χ3v) is 6.22. The molecule has 0 aromatic heterocycles. The number of nitrogens with one attached hydrogen (secondary N) is 2. The van der Waals surface area contributed by atoms with E-state index < -0.39 is 30.1 Å². The summed E-state index contributed by atoms with van der Waals surface area (Å²) in [7, 11) is 3.76. The van der Waals surface area contributed by atoms with Crippen LogP contribution in [0.2, 0.25) is 0 Å². The van der Waals surface area contributed by atoms with Gasteiger partial charge in [-0.2, -0.15) is 0 Å². The highest BCUT2D eigenvalue weighted by molar-refractivity contribution is 5.86. The predicted molar refractivity (Wildman–Crippen MR) is 134 cm³/mol. The molecule has 0 spiro atoms. The monoisotopic (exact) mass is 481 g/mol. The molecule has 1 unspecified atom stereocenters. The summed E-state index contributed by atoms with van der Waals surface area (Å²) in [6.07, 6.45) is 0.819. The van der Waals surface area contributed by atoms with E-state index >= 15 is 0 Å². The molecule has 1 aliphatic carbocycles. The average molecular weight is 482 g/mol. The van der Waals surface area contributed by atoms with Gasteiger partial charge in [0.2, 0.25) is 5.91 Å². The van der Waals surface area contributed by atoms with Crippen molar-refractivity contribution in [1.82, 2.24) is 15.5 Å². The molecule has 3 rings (SSSR count). The zero-order valence-corrected chi connectivity index (χ0v) is 20.6. The minimum Gasteiger partial charge on any atom is -0.481 e. The zero-order chi connectivity index (χ0) is 25.4. The minimum absolute atomic E-state index is 0.0771. The van der Waals surface area contributed by atoms with Crippen molar-refractivity contribution in [3.63, 3.8) is 0 Å². The predicted octanol–water partition coefficient (Wildman–Crippen LogP) is 3.61. The molecule has 0 fully saturated rings. The van der Waals surface area contributed by atoms with Gasteiger partial charge in [-0.1, -0.05) is 61.9 Å². The van der Waals surface area contributed by atoms with E-state index in [-0.39, 0.29) is 18.9 Å².